The van der Waals surface area contributed by atoms with Crippen LogP contribution in [0.1, 0.15) is 81.8 Å². The number of hydrogen-bond acceptors (Lipinski definition) is 3. The van der Waals surface area contributed by atoms with E-state index in [4.69, 9.17) is 9.84 Å². The Kier molecular flexibility index (Phi) is 11.7. The highest BCUT2D eigenvalue weighted by Crippen LogP contribution is 2.25. The third kappa shape index (κ3) is 11.0. The van der Waals surface area contributed by atoms with Crippen LogP contribution in [0, 0.1) is 5.92 Å². The molecule has 35 heavy (non-hydrogen) atoms. The van der Waals surface area contributed by atoms with Gasteiger partial charge in [0.05, 0.1) is 6.61 Å². The SMILES string of the molecule is O=C(O)CC[C@@H](Cc1ccc(OCC2CCCC2)cc1)NC(=O)CCCCCCc1ccccc1. The second kappa shape index (κ2) is 15.2. The fraction of sp³-hybridized carbons (Fsp3) is 0.533. The van der Waals surface area contributed by atoms with Crippen LogP contribution in [-0.4, -0.2) is 29.6 Å². The van der Waals surface area contributed by atoms with Gasteiger partial charge in [-0.2, -0.15) is 0 Å². The van der Waals surface area contributed by atoms with E-state index in [9.17, 15) is 9.59 Å². The largest absolute Gasteiger partial charge is 0.493 e. The average molecular weight is 480 g/mol. The number of aliphatic carboxylic acids is 1. The van der Waals surface area contributed by atoms with Crippen LogP contribution < -0.4 is 10.1 Å². The zero-order chi connectivity index (χ0) is 24.7. The van der Waals surface area contributed by atoms with Crippen LogP contribution in [0.15, 0.2) is 54.6 Å². The number of rotatable bonds is 16. The number of carbonyl (C=O) groups excluding carboxylic acids is 1. The van der Waals surface area contributed by atoms with Crippen LogP contribution in [0.4, 0.5) is 0 Å². The number of benzene rings is 2. The summed E-state index contributed by atoms with van der Waals surface area (Å²) >= 11 is 0. The minimum atomic E-state index is -0.835. The van der Waals surface area contributed by atoms with Crippen molar-refractivity contribution in [3.8, 4) is 5.75 Å². The molecule has 0 heterocycles. The van der Waals surface area contributed by atoms with Gasteiger partial charge in [0.25, 0.3) is 0 Å². The molecule has 0 bridgehead atoms. The zero-order valence-corrected chi connectivity index (χ0v) is 20.9. The van der Waals surface area contributed by atoms with Crippen molar-refractivity contribution < 1.29 is 19.4 Å². The third-order valence-corrected chi connectivity index (χ3v) is 6.90. The lowest BCUT2D eigenvalue weighted by atomic mass is 10.0. The number of aryl methyl sites for hydroxylation is 1. The molecule has 3 rings (SSSR count). The molecule has 0 saturated heterocycles. The summed E-state index contributed by atoms with van der Waals surface area (Å²) in [6.45, 7) is 0.781. The van der Waals surface area contributed by atoms with E-state index in [-0.39, 0.29) is 18.4 Å². The van der Waals surface area contributed by atoms with Crippen molar-refractivity contribution in [3.05, 3.63) is 65.7 Å². The van der Waals surface area contributed by atoms with Crippen molar-refractivity contribution in [2.24, 2.45) is 5.92 Å². The number of carbonyl (C=O) groups is 2. The van der Waals surface area contributed by atoms with Gasteiger partial charge in [-0.25, -0.2) is 0 Å². The van der Waals surface area contributed by atoms with Gasteiger partial charge in [-0.15, -0.1) is 0 Å². The molecule has 0 spiro atoms. The van der Waals surface area contributed by atoms with Gasteiger partial charge in [0.1, 0.15) is 5.75 Å². The molecule has 1 aliphatic rings. The minimum absolute atomic E-state index is 0.0139. The van der Waals surface area contributed by atoms with E-state index in [1.807, 2.05) is 30.3 Å². The molecule has 1 saturated carbocycles. The number of carboxylic acid groups (broad SMARTS) is 1. The van der Waals surface area contributed by atoms with Gasteiger partial charge in [-0.3, -0.25) is 9.59 Å². The Morgan fingerprint density at radius 3 is 2.31 bits per heavy atom. The molecule has 190 valence electrons. The van der Waals surface area contributed by atoms with E-state index in [0.29, 0.717) is 25.2 Å². The maximum atomic E-state index is 12.5. The van der Waals surface area contributed by atoms with Crippen LogP contribution >= 0.6 is 0 Å². The van der Waals surface area contributed by atoms with Crippen molar-refractivity contribution in [2.45, 2.75) is 89.5 Å². The predicted molar refractivity (Wildman–Crippen MR) is 140 cm³/mol. The molecule has 5 nitrogen and oxygen atoms in total. The molecular weight excluding hydrogens is 438 g/mol. The van der Waals surface area contributed by atoms with E-state index >= 15 is 0 Å². The standard InChI is InChI=1S/C30H41NO4/c32-29(15-7-2-1-4-10-24-11-5-3-6-12-24)31-27(18-21-30(33)34)22-25-16-19-28(20-17-25)35-23-26-13-8-9-14-26/h3,5-6,11-12,16-17,19-20,26-27H,1-2,4,7-10,13-15,18,21-23H2,(H,31,32)(H,33,34)/t27-/m0/s1. The first-order valence-electron chi connectivity index (χ1n) is 13.4. The number of amides is 1. The molecule has 0 unspecified atom stereocenters. The Morgan fingerprint density at radius 2 is 1.60 bits per heavy atom. The first-order valence-corrected chi connectivity index (χ1v) is 13.4. The Balaban J connectivity index is 1.37. The van der Waals surface area contributed by atoms with Gasteiger partial charge >= 0.3 is 5.97 Å². The van der Waals surface area contributed by atoms with Crippen LogP contribution in [0.2, 0.25) is 0 Å². The molecular formula is C30H41NO4. The highest BCUT2D eigenvalue weighted by molar-refractivity contribution is 5.76. The summed E-state index contributed by atoms with van der Waals surface area (Å²) in [4.78, 5) is 23.6. The monoisotopic (exact) mass is 479 g/mol. The van der Waals surface area contributed by atoms with Gasteiger partial charge in [0, 0.05) is 18.9 Å². The topological polar surface area (TPSA) is 75.6 Å². The number of hydrogen-bond donors (Lipinski definition) is 2. The fourth-order valence-electron chi connectivity index (χ4n) is 4.83. The molecule has 5 heteroatoms. The van der Waals surface area contributed by atoms with E-state index < -0.39 is 5.97 Å². The lowest BCUT2D eigenvalue weighted by molar-refractivity contribution is -0.137. The first kappa shape index (κ1) is 26.8. The van der Waals surface area contributed by atoms with Crippen molar-refractivity contribution in [1.29, 1.82) is 0 Å². The highest BCUT2D eigenvalue weighted by atomic mass is 16.5. The molecule has 2 N–H and O–H groups in total. The third-order valence-electron chi connectivity index (χ3n) is 6.90. The second-order valence-corrected chi connectivity index (χ2v) is 9.91. The van der Waals surface area contributed by atoms with Crippen LogP contribution in [0.25, 0.3) is 0 Å². The van der Waals surface area contributed by atoms with E-state index in [2.05, 4.69) is 29.6 Å². The van der Waals surface area contributed by atoms with Crippen LogP contribution in [-0.2, 0) is 22.4 Å². The fourth-order valence-corrected chi connectivity index (χ4v) is 4.83. The lowest BCUT2D eigenvalue weighted by Gasteiger charge is -2.19. The van der Waals surface area contributed by atoms with Gasteiger partial charge in [-0.1, -0.05) is 68.1 Å². The molecule has 1 aliphatic carbocycles. The van der Waals surface area contributed by atoms with Crippen molar-refractivity contribution in [2.75, 3.05) is 6.61 Å². The Morgan fingerprint density at radius 1 is 0.886 bits per heavy atom. The molecule has 1 fully saturated rings. The molecule has 2 aromatic rings. The average Bonchev–Trinajstić information content (AvgIpc) is 3.38. The van der Waals surface area contributed by atoms with Crippen molar-refractivity contribution >= 4 is 11.9 Å². The Labute approximate surface area is 210 Å². The van der Waals surface area contributed by atoms with Gasteiger partial charge in [-0.05, 0) is 74.1 Å². The molecule has 2 aromatic carbocycles. The van der Waals surface area contributed by atoms with Crippen LogP contribution in [0.5, 0.6) is 5.75 Å². The van der Waals surface area contributed by atoms with Crippen LogP contribution in [0.3, 0.4) is 0 Å². The van der Waals surface area contributed by atoms with E-state index in [1.54, 1.807) is 0 Å². The lowest BCUT2D eigenvalue weighted by Crippen LogP contribution is -2.36. The number of ether oxygens (including phenoxy) is 1. The molecule has 0 aliphatic heterocycles. The summed E-state index contributed by atoms with van der Waals surface area (Å²) in [5, 5.41) is 12.2. The molecule has 0 radical (unpaired) electrons. The Bertz CT molecular complexity index is 875. The second-order valence-electron chi connectivity index (χ2n) is 9.91. The summed E-state index contributed by atoms with van der Waals surface area (Å²) in [6.07, 6.45) is 11.9. The number of nitrogens with one attached hydrogen (secondary N) is 1. The molecule has 0 aromatic heterocycles. The smallest absolute Gasteiger partial charge is 0.303 e. The van der Waals surface area contributed by atoms with E-state index in [0.717, 1.165) is 50.0 Å². The predicted octanol–water partition coefficient (Wildman–Crippen LogP) is 6.34. The highest BCUT2D eigenvalue weighted by Gasteiger charge is 2.17. The minimum Gasteiger partial charge on any atom is -0.493 e. The number of carboxylic acids is 1. The zero-order valence-electron chi connectivity index (χ0n) is 20.9. The van der Waals surface area contributed by atoms with Gasteiger partial charge < -0.3 is 15.2 Å². The van der Waals surface area contributed by atoms with Crippen molar-refractivity contribution in [1.82, 2.24) is 5.32 Å². The maximum Gasteiger partial charge on any atom is 0.303 e. The molecule has 1 amide bonds. The first-order chi connectivity index (χ1) is 17.1. The quantitative estimate of drug-likeness (QED) is 0.275. The summed E-state index contributed by atoms with van der Waals surface area (Å²) in [6, 6.07) is 18.3. The summed E-state index contributed by atoms with van der Waals surface area (Å²) in [5.74, 6) is 0.728. The maximum absolute atomic E-state index is 12.5. The van der Waals surface area contributed by atoms with Gasteiger partial charge in [0.15, 0.2) is 0 Å². The molecule has 1 atom stereocenters. The summed E-state index contributed by atoms with van der Waals surface area (Å²) in [5.41, 5.74) is 2.44. The van der Waals surface area contributed by atoms with Gasteiger partial charge in [0.2, 0.25) is 5.91 Å². The normalized spacial score (nSPS) is 14.5. The summed E-state index contributed by atoms with van der Waals surface area (Å²) in [7, 11) is 0. The summed E-state index contributed by atoms with van der Waals surface area (Å²) < 4.78 is 5.94. The number of unbranched alkanes of at least 4 members (excludes halogenated alkanes) is 3. The van der Waals surface area contributed by atoms with E-state index in [1.165, 1.54) is 31.2 Å². The van der Waals surface area contributed by atoms with Crippen molar-refractivity contribution in [3.63, 3.8) is 0 Å². The Hall–Kier alpha value is -2.82.